The Morgan fingerprint density at radius 1 is 1.00 bits per heavy atom. The zero-order chi connectivity index (χ0) is 22.2. The van der Waals surface area contributed by atoms with Crippen molar-refractivity contribution in [3.05, 3.63) is 89.9 Å². The predicted molar refractivity (Wildman–Crippen MR) is 117 cm³/mol. The summed E-state index contributed by atoms with van der Waals surface area (Å²) in [5, 5.41) is 3.14. The van der Waals surface area contributed by atoms with Gasteiger partial charge in [-0.3, -0.25) is 9.10 Å². The highest BCUT2D eigenvalue weighted by Gasteiger charge is 2.23. The summed E-state index contributed by atoms with van der Waals surface area (Å²) in [5.74, 6) is -1.19. The summed E-state index contributed by atoms with van der Waals surface area (Å²) in [4.78, 5) is 12.8. The smallest absolute Gasteiger partial charge is 0.291 e. The molecule has 0 radical (unpaired) electrons. The number of anilines is 2. The molecule has 1 heterocycles. The van der Waals surface area contributed by atoms with Crippen LogP contribution in [0.25, 0.3) is 11.0 Å². The quantitative estimate of drug-likeness (QED) is 0.478. The molecule has 0 saturated heterocycles. The fourth-order valence-corrected chi connectivity index (χ4v) is 4.52. The lowest BCUT2D eigenvalue weighted by molar-refractivity contribution is 0.0997. The van der Waals surface area contributed by atoms with Crippen molar-refractivity contribution in [2.24, 2.45) is 0 Å². The SMILES string of the molecule is Cc1c(C(=O)Nc2cccc(S(=O)(=O)N(C)c3ccccc3)c2)oc2c(F)cccc12. The van der Waals surface area contributed by atoms with Crippen molar-refractivity contribution in [1.82, 2.24) is 0 Å². The maximum atomic E-state index is 14.0. The van der Waals surface area contributed by atoms with Crippen LogP contribution < -0.4 is 9.62 Å². The molecule has 158 valence electrons. The van der Waals surface area contributed by atoms with Crippen LogP contribution in [0.1, 0.15) is 16.1 Å². The lowest BCUT2D eigenvalue weighted by atomic mass is 10.1. The zero-order valence-electron chi connectivity index (χ0n) is 16.8. The maximum Gasteiger partial charge on any atom is 0.291 e. The molecule has 0 saturated carbocycles. The van der Waals surface area contributed by atoms with Crippen molar-refractivity contribution in [3.8, 4) is 0 Å². The molecule has 31 heavy (non-hydrogen) atoms. The van der Waals surface area contributed by atoms with E-state index in [1.165, 1.54) is 35.6 Å². The van der Waals surface area contributed by atoms with E-state index in [2.05, 4.69) is 5.32 Å². The minimum atomic E-state index is -3.84. The van der Waals surface area contributed by atoms with Gasteiger partial charge in [-0.2, -0.15) is 0 Å². The number of carbonyl (C=O) groups is 1. The molecule has 1 N–H and O–H groups in total. The zero-order valence-corrected chi connectivity index (χ0v) is 17.6. The van der Waals surface area contributed by atoms with Crippen molar-refractivity contribution in [2.75, 3.05) is 16.7 Å². The molecule has 1 amide bonds. The highest BCUT2D eigenvalue weighted by atomic mass is 32.2. The molecule has 0 spiro atoms. The Bertz CT molecular complexity index is 1380. The standard InChI is InChI=1S/C23H19FN2O4S/c1-15-19-12-7-13-20(24)22(19)30-21(15)23(27)25-16-8-6-11-18(14-16)31(28,29)26(2)17-9-4-3-5-10-17/h3-14H,1-2H3,(H,25,27). The number of rotatable bonds is 5. The van der Waals surface area contributed by atoms with Gasteiger partial charge in [-0.05, 0) is 43.3 Å². The second-order valence-electron chi connectivity index (χ2n) is 6.96. The molecule has 0 atom stereocenters. The van der Waals surface area contributed by atoms with Crippen molar-refractivity contribution < 1.29 is 22.0 Å². The highest BCUT2D eigenvalue weighted by Crippen LogP contribution is 2.28. The first kappa shape index (κ1) is 20.6. The number of nitrogens with one attached hydrogen (secondary N) is 1. The molecular formula is C23H19FN2O4S. The predicted octanol–water partition coefficient (Wildman–Crippen LogP) is 4.96. The van der Waals surface area contributed by atoms with Gasteiger partial charge < -0.3 is 9.73 Å². The first-order valence-corrected chi connectivity index (χ1v) is 10.9. The average Bonchev–Trinajstić information content (AvgIpc) is 3.12. The molecule has 0 aliphatic carbocycles. The number of nitrogens with zero attached hydrogens (tertiary/aromatic N) is 1. The third-order valence-corrected chi connectivity index (χ3v) is 6.77. The van der Waals surface area contributed by atoms with Crippen LogP contribution in [0.2, 0.25) is 0 Å². The number of aryl methyl sites for hydroxylation is 1. The van der Waals surface area contributed by atoms with Crippen LogP contribution in [0.15, 0.2) is 82.1 Å². The van der Waals surface area contributed by atoms with Crippen LogP contribution in [0, 0.1) is 12.7 Å². The lowest BCUT2D eigenvalue weighted by Gasteiger charge is -2.19. The number of para-hydroxylation sites is 2. The Balaban J connectivity index is 1.63. The second kappa shape index (κ2) is 7.88. The van der Waals surface area contributed by atoms with Crippen LogP contribution in [-0.4, -0.2) is 21.4 Å². The van der Waals surface area contributed by atoms with Crippen LogP contribution in [0.5, 0.6) is 0 Å². The number of hydrogen-bond acceptors (Lipinski definition) is 4. The third kappa shape index (κ3) is 3.77. The number of hydrogen-bond donors (Lipinski definition) is 1. The van der Waals surface area contributed by atoms with Gasteiger partial charge in [0.1, 0.15) is 0 Å². The topological polar surface area (TPSA) is 79.6 Å². The number of fused-ring (bicyclic) bond motifs is 1. The van der Waals surface area contributed by atoms with E-state index in [-0.39, 0.29) is 21.9 Å². The molecule has 0 aliphatic rings. The Labute approximate surface area is 179 Å². The number of amides is 1. The van der Waals surface area contributed by atoms with Gasteiger partial charge in [0, 0.05) is 23.7 Å². The fourth-order valence-electron chi connectivity index (χ4n) is 3.28. The van der Waals surface area contributed by atoms with Gasteiger partial charge in [-0.1, -0.05) is 36.4 Å². The van der Waals surface area contributed by atoms with Gasteiger partial charge in [0.2, 0.25) is 0 Å². The van der Waals surface area contributed by atoms with E-state index < -0.39 is 21.7 Å². The fraction of sp³-hybridized carbons (Fsp3) is 0.0870. The third-order valence-electron chi connectivity index (χ3n) is 4.99. The van der Waals surface area contributed by atoms with E-state index in [9.17, 15) is 17.6 Å². The van der Waals surface area contributed by atoms with Gasteiger partial charge in [0.15, 0.2) is 17.2 Å². The number of halogens is 1. The summed E-state index contributed by atoms with van der Waals surface area (Å²) in [5.41, 5.74) is 1.29. The summed E-state index contributed by atoms with van der Waals surface area (Å²) in [6.07, 6.45) is 0. The Kier molecular flexibility index (Phi) is 5.24. The van der Waals surface area contributed by atoms with E-state index in [1.807, 2.05) is 0 Å². The molecule has 8 heteroatoms. The molecular weight excluding hydrogens is 419 g/mol. The van der Waals surface area contributed by atoms with Crippen molar-refractivity contribution in [1.29, 1.82) is 0 Å². The average molecular weight is 438 g/mol. The molecule has 3 aromatic carbocycles. The highest BCUT2D eigenvalue weighted by molar-refractivity contribution is 7.92. The Hall–Kier alpha value is -3.65. The summed E-state index contributed by atoms with van der Waals surface area (Å²) >= 11 is 0. The summed E-state index contributed by atoms with van der Waals surface area (Å²) in [6.45, 7) is 1.66. The van der Waals surface area contributed by atoms with Gasteiger partial charge in [0.25, 0.3) is 15.9 Å². The van der Waals surface area contributed by atoms with Gasteiger partial charge >= 0.3 is 0 Å². The number of furan rings is 1. The van der Waals surface area contributed by atoms with Crippen LogP contribution in [0.4, 0.5) is 15.8 Å². The van der Waals surface area contributed by atoms with E-state index in [1.54, 1.807) is 55.5 Å². The van der Waals surface area contributed by atoms with E-state index in [0.29, 0.717) is 16.6 Å². The van der Waals surface area contributed by atoms with E-state index >= 15 is 0 Å². The summed E-state index contributed by atoms with van der Waals surface area (Å²) in [7, 11) is -2.38. The normalized spacial score (nSPS) is 11.5. The molecule has 0 unspecified atom stereocenters. The largest absolute Gasteiger partial charge is 0.448 e. The van der Waals surface area contributed by atoms with Gasteiger partial charge in [-0.15, -0.1) is 0 Å². The van der Waals surface area contributed by atoms with Gasteiger partial charge in [0.05, 0.1) is 10.6 Å². The lowest BCUT2D eigenvalue weighted by Crippen LogP contribution is -2.26. The minimum absolute atomic E-state index is 0.00552. The maximum absolute atomic E-state index is 14.0. The molecule has 0 bridgehead atoms. The number of sulfonamides is 1. The summed E-state index contributed by atoms with van der Waals surface area (Å²) in [6, 6.07) is 19.0. The minimum Gasteiger partial charge on any atom is -0.448 e. The molecule has 0 fully saturated rings. The second-order valence-corrected chi connectivity index (χ2v) is 8.93. The number of carbonyl (C=O) groups excluding carboxylic acids is 1. The van der Waals surface area contributed by atoms with Crippen LogP contribution in [-0.2, 0) is 10.0 Å². The Morgan fingerprint density at radius 2 is 1.71 bits per heavy atom. The van der Waals surface area contributed by atoms with Crippen molar-refractivity contribution in [2.45, 2.75) is 11.8 Å². The van der Waals surface area contributed by atoms with E-state index in [0.717, 1.165) is 0 Å². The molecule has 4 rings (SSSR count). The summed E-state index contributed by atoms with van der Waals surface area (Å²) < 4.78 is 46.6. The van der Waals surface area contributed by atoms with Crippen LogP contribution >= 0.6 is 0 Å². The van der Waals surface area contributed by atoms with Crippen LogP contribution in [0.3, 0.4) is 0 Å². The molecule has 4 aromatic rings. The molecule has 6 nitrogen and oxygen atoms in total. The van der Waals surface area contributed by atoms with Crippen molar-refractivity contribution >= 4 is 38.3 Å². The molecule has 0 aliphatic heterocycles. The monoisotopic (exact) mass is 438 g/mol. The van der Waals surface area contributed by atoms with E-state index in [4.69, 9.17) is 4.42 Å². The Morgan fingerprint density at radius 3 is 2.42 bits per heavy atom. The first-order valence-electron chi connectivity index (χ1n) is 9.42. The van der Waals surface area contributed by atoms with Gasteiger partial charge in [-0.25, -0.2) is 12.8 Å². The number of benzene rings is 3. The molecule has 1 aromatic heterocycles. The first-order chi connectivity index (χ1) is 14.8. The van der Waals surface area contributed by atoms with Crippen molar-refractivity contribution in [3.63, 3.8) is 0 Å².